The molecule has 0 unspecified atom stereocenters. The number of ether oxygens (including phenoxy) is 1. The van der Waals surface area contributed by atoms with Gasteiger partial charge in [0.2, 0.25) is 5.82 Å². The third-order valence-corrected chi connectivity index (χ3v) is 2.67. The molecule has 1 aromatic heterocycles. The summed E-state index contributed by atoms with van der Waals surface area (Å²) < 4.78 is 5.28. The van der Waals surface area contributed by atoms with Crippen molar-refractivity contribution in [1.29, 1.82) is 0 Å². The average Bonchev–Trinajstić information content (AvgIpc) is 3.11. The highest BCUT2D eigenvalue weighted by atomic mass is 16.5. The first-order valence-corrected chi connectivity index (χ1v) is 6.20. The number of carbonyl (C=O) groups excluding carboxylic acids is 1. The predicted octanol–water partition coefficient (Wildman–Crippen LogP) is 1.00. The molecule has 1 saturated carbocycles. The maximum Gasteiger partial charge on any atom is 0.291 e. The molecule has 6 heteroatoms. The van der Waals surface area contributed by atoms with E-state index in [-0.39, 0.29) is 11.7 Å². The van der Waals surface area contributed by atoms with Gasteiger partial charge in [0.05, 0.1) is 13.2 Å². The van der Waals surface area contributed by atoms with Crippen LogP contribution in [0.25, 0.3) is 0 Å². The molecule has 1 heterocycles. The van der Waals surface area contributed by atoms with Gasteiger partial charge in [0.25, 0.3) is 5.91 Å². The van der Waals surface area contributed by atoms with E-state index in [4.69, 9.17) is 4.74 Å². The van der Waals surface area contributed by atoms with Crippen LogP contribution >= 0.6 is 0 Å². The fraction of sp³-hybridized carbons (Fsp3) is 0.583. The Morgan fingerprint density at radius 2 is 2.39 bits per heavy atom. The summed E-state index contributed by atoms with van der Waals surface area (Å²) in [4.78, 5) is 15.8. The Kier molecular flexibility index (Phi) is 4.46. The maximum atomic E-state index is 11.7. The predicted molar refractivity (Wildman–Crippen MR) is 66.3 cm³/mol. The quantitative estimate of drug-likeness (QED) is 0.533. The van der Waals surface area contributed by atoms with E-state index >= 15 is 0 Å². The minimum Gasteiger partial charge on any atom is -0.379 e. The number of H-pyrrole nitrogens is 1. The third kappa shape index (κ3) is 3.66. The first-order chi connectivity index (χ1) is 8.81. The van der Waals surface area contributed by atoms with Gasteiger partial charge in [0.1, 0.15) is 5.82 Å². The van der Waals surface area contributed by atoms with Crippen molar-refractivity contribution in [3.63, 3.8) is 0 Å². The van der Waals surface area contributed by atoms with Crippen molar-refractivity contribution in [1.82, 2.24) is 20.5 Å². The SMILES string of the molecule is C=CCCOCCNC(=O)c1n[nH]c(C2CC2)n1. The summed E-state index contributed by atoms with van der Waals surface area (Å²) in [6, 6.07) is 0. The number of hydrogen-bond acceptors (Lipinski definition) is 4. The average molecular weight is 250 g/mol. The van der Waals surface area contributed by atoms with Crippen molar-refractivity contribution in [3.8, 4) is 0 Å². The van der Waals surface area contributed by atoms with E-state index < -0.39 is 0 Å². The Morgan fingerprint density at radius 1 is 1.56 bits per heavy atom. The molecule has 1 fully saturated rings. The highest BCUT2D eigenvalue weighted by Crippen LogP contribution is 2.37. The first kappa shape index (κ1) is 12.8. The lowest BCUT2D eigenvalue weighted by Crippen LogP contribution is -2.28. The van der Waals surface area contributed by atoms with Crippen molar-refractivity contribution in [2.24, 2.45) is 0 Å². The first-order valence-electron chi connectivity index (χ1n) is 6.20. The summed E-state index contributed by atoms with van der Waals surface area (Å²) in [6.45, 7) is 5.18. The van der Waals surface area contributed by atoms with Crippen LogP contribution in [-0.2, 0) is 4.74 Å². The van der Waals surface area contributed by atoms with E-state index in [9.17, 15) is 4.79 Å². The van der Waals surface area contributed by atoms with Crippen molar-refractivity contribution in [3.05, 3.63) is 24.3 Å². The zero-order chi connectivity index (χ0) is 12.8. The summed E-state index contributed by atoms with van der Waals surface area (Å²) in [7, 11) is 0. The molecule has 0 radical (unpaired) electrons. The summed E-state index contributed by atoms with van der Waals surface area (Å²) >= 11 is 0. The molecule has 1 amide bonds. The van der Waals surface area contributed by atoms with E-state index in [1.54, 1.807) is 6.08 Å². The highest BCUT2D eigenvalue weighted by molar-refractivity contribution is 5.90. The van der Waals surface area contributed by atoms with Crippen LogP contribution < -0.4 is 5.32 Å². The summed E-state index contributed by atoms with van der Waals surface area (Å²) in [5.41, 5.74) is 0. The Hall–Kier alpha value is -1.69. The van der Waals surface area contributed by atoms with Crippen LogP contribution in [0.5, 0.6) is 0 Å². The van der Waals surface area contributed by atoms with Crippen molar-refractivity contribution in [2.75, 3.05) is 19.8 Å². The molecule has 1 aromatic rings. The van der Waals surface area contributed by atoms with Gasteiger partial charge in [-0.25, -0.2) is 4.98 Å². The fourth-order valence-electron chi connectivity index (χ4n) is 1.50. The number of nitrogens with zero attached hydrogens (tertiary/aromatic N) is 2. The lowest BCUT2D eigenvalue weighted by atomic mass is 10.4. The van der Waals surface area contributed by atoms with Crippen LogP contribution in [0, 0.1) is 0 Å². The number of amides is 1. The lowest BCUT2D eigenvalue weighted by molar-refractivity contribution is 0.0908. The second-order valence-electron chi connectivity index (χ2n) is 4.26. The largest absolute Gasteiger partial charge is 0.379 e. The standard InChI is InChI=1S/C12H18N4O2/c1-2-3-7-18-8-6-13-12(17)11-14-10(15-16-11)9-4-5-9/h2,9H,1,3-8H2,(H,13,17)(H,14,15,16). The lowest BCUT2D eigenvalue weighted by Gasteiger charge is -2.03. The van der Waals surface area contributed by atoms with Crippen molar-refractivity contribution >= 4 is 5.91 Å². The van der Waals surface area contributed by atoms with Crippen LogP contribution in [0.15, 0.2) is 12.7 Å². The zero-order valence-corrected chi connectivity index (χ0v) is 10.3. The number of rotatable bonds is 8. The van der Waals surface area contributed by atoms with Crippen LogP contribution in [0.3, 0.4) is 0 Å². The van der Waals surface area contributed by atoms with Gasteiger partial charge < -0.3 is 10.1 Å². The molecular formula is C12H18N4O2. The van der Waals surface area contributed by atoms with E-state index in [1.807, 2.05) is 0 Å². The van der Waals surface area contributed by atoms with Crippen molar-refractivity contribution < 1.29 is 9.53 Å². The van der Waals surface area contributed by atoms with Gasteiger partial charge in [-0.1, -0.05) is 6.08 Å². The number of nitrogens with one attached hydrogen (secondary N) is 2. The molecule has 0 aromatic carbocycles. The number of carbonyl (C=O) groups is 1. The molecule has 1 aliphatic carbocycles. The Morgan fingerprint density at radius 3 is 3.11 bits per heavy atom. The molecule has 0 atom stereocenters. The molecule has 18 heavy (non-hydrogen) atoms. The fourth-order valence-corrected chi connectivity index (χ4v) is 1.50. The monoisotopic (exact) mass is 250 g/mol. The van der Waals surface area contributed by atoms with Crippen LogP contribution in [0.4, 0.5) is 0 Å². The Labute approximate surface area is 106 Å². The second kappa shape index (κ2) is 6.30. The molecular weight excluding hydrogens is 232 g/mol. The minimum atomic E-state index is -0.259. The summed E-state index contributed by atoms with van der Waals surface area (Å²) in [6.07, 6.45) is 4.88. The third-order valence-electron chi connectivity index (χ3n) is 2.67. The van der Waals surface area contributed by atoms with E-state index in [0.29, 0.717) is 25.7 Å². The molecule has 98 valence electrons. The highest BCUT2D eigenvalue weighted by Gasteiger charge is 2.28. The molecule has 0 aliphatic heterocycles. The van der Waals surface area contributed by atoms with Crippen molar-refractivity contribution in [2.45, 2.75) is 25.2 Å². The molecule has 0 spiro atoms. The van der Waals surface area contributed by atoms with Crippen LogP contribution in [-0.4, -0.2) is 40.8 Å². The van der Waals surface area contributed by atoms with Gasteiger partial charge in [-0.05, 0) is 19.3 Å². The van der Waals surface area contributed by atoms with Gasteiger partial charge in [0, 0.05) is 12.5 Å². The van der Waals surface area contributed by atoms with E-state index in [0.717, 1.165) is 25.1 Å². The smallest absolute Gasteiger partial charge is 0.291 e. The van der Waals surface area contributed by atoms with Gasteiger partial charge in [-0.2, -0.15) is 0 Å². The number of hydrogen-bond donors (Lipinski definition) is 2. The Bertz CT molecular complexity index is 412. The topological polar surface area (TPSA) is 79.9 Å². The number of aromatic amines is 1. The number of aromatic nitrogens is 3. The molecule has 2 rings (SSSR count). The maximum absolute atomic E-state index is 11.7. The van der Waals surface area contributed by atoms with Crippen LogP contribution in [0.2, 0.25) is 0 Å². The minimum absolute atomic E-state index is 0.211. The summed E-state index contributed by atoms with van der Waals surface area (Å²) in [5.74, 6) is 1.25. The van der Waals surface area contributed by atoms with Gasteiger partial charge in [-0.3, -0.25) is 9.89 Å². The zero-order valence-electron chi connectivity index (χ0n) is 10.3. The normalized spacial score (nSPS) is 14.4. The molecule has 0 bridgehead atoms. The summed E-state index contributed by atoms with van der Waals surface area (Å²) in [5, 5.41) is 9.42. The van der Waals surface area contributed by atoms with E-state index in [2.05, 4.69) is 27.1 Å². The molecule has 2 N–H and O–H groups in total. The second-order valence-corrected chi connectivity index (χ2v) is 4.26. The molecule has 0 saturated heterocycles. The van der Waals surface area contributed by atoms with Crippen LogP contribution in [0.1, 0.15) is 41.6 Å². The molecule has 6 nitrogen and oxygen atoms in total. The van der Waals surface area contributed by atoms with Gasteiger partial charge in [-0.15, -0.1) is 11.7 Å². The Balaban J connectivity index is 1.65. The van der Waals surface area contributed by atoms with E-state index in [1.165, 1.54) is 0 Å². The van der Waals surface area contributed by atoms with Gasteiger partial charge >= 0.3 is 0 Å². The van der Waals surface area contributed by atoms with Gasteiger partial charge in [0.15, 0.2) is 0 Å². The molecule has 1 aliphatic rings.